The molecule has 0 saturated carbocycles. The summed E-state index contributed by atoms with van der Waals surface area (Å²) in [7, 11) is -4.76. The van der Waals surface area contributed by atoms with E-state index in [0.29, 0.717) is 12.1 Å². The number of aromatic carboxylic acids is 1. The van der Waals surface area contributed by atoms with Crippen molar-refractivity contribution in [2.24, 2.45) is 0 Å². The Labute approximate surface area is 117 Å². The van der Waals surface area contributed by atoms with E-state index >= 15 is 0 Å². The second-order valence-electron chi connectivity index (χ2n) is 2.72. The zero-order valence-electron chi connectivity index (χ0n) is 7.52. The summed E-state index contributed by atoms with van der Waals surface area (Å²) in [6.07, 6.45) is 0. The van der Waals surface area contributed by atoms with Gasteiger partial charge in [-0.25, -0.2) is 4.79 Å². The van der Waals surface area contributed by atoms with Crippen LogP contribution in [0.5, 0.6) is 0 Å². The number of carboxylic acids is 1. The van der Waals surface area contributed by atoms with E-state index in [2.05, 4.69) is 0 Å². The van der Waals surface area contributed by atoms with Gasteiger partial charge in [-0.1, -0.05) is 0 Å². The van der Waals surface area contributed by atoms with Crippen LogP contribution < -0.4 is 0 Å². The molecule has 0 aliphatic rings. The summed E-state index contributed by atoms with van der Waals surface area (Å²) in [6, 6.07) is 2.07. The summed E-state index contributed by atoms with van der Waals surface area (Å²) in [4.78, 5) is 19.0. The molecule has 88 valence electrons. The van der Waals surface area contributed by atoms with Gasteiger partial charge in [0.05, 0.1) is 10.5 Å². The third kappa shape index (κ3) is 3.75. The molecular formula is C7H6NNaO7S. The molecule has 0 amide bonds. The zero-order valence-corrected chi connectivity index (χ0v) is 8.34. The first-order valence-corrected chi connectivity index (χ1v) is 5.16. The van der Waals surface area contributed by atoms with Crippen LogP contribution in [0.1, 0.15) is 10.4 Å². The van der Waals surface area contributed by atoms with Gasteiger partial charge in [0.25, 0.3) is 5.69 Å². The first-order chi connectivity index (χ1) is 7.23. The third-order valence-electron chi connectivity index (χ3n) is 1.68. The number of nitrogens with zero attached hydrogens (tertiary/aromatic N) is 1. The summed E-state index contributed by atoms with van der Waals surface area (Å²) in [5.74, 6) is -1.44. The Kier molecular flexibility index (Phi) is 5.23. The van der Waals surface area contributed by atoms with Crippen molar-refractivity contribution in [3.8, 4) is 0 Å². The van der Waals surface area contributed by atoms with Crippen molar-refractivity contribution in [1.29, 1.82) is 0 Å². The van der Waals surface area contributed by atoms with Gasteiger partial charge < -0.3 is 5.11 Å². The molecule has 0 aliphatic carbocycles. The maximum absolute atomic E-state index is 10.7. The summed E-state index contributed by atoms with van der Waals surface area (Å²) in [5, 5.41) is 19.0. The molecule has 1 aromatic rings. The van der Waals surface area contributed by atoms with Gasteiger partial charge in [0.2, 0.25) is 0 Å². The van der Waals surface area contributed by atoms with Crippen molar-refractivity contribution in [2.45, 2.75) is 4.90 Å². The van der Waals surface area contributed by atoms with E-state index in [1.165, 1.54) is 0 Å². The first kappa shape index (κ1) is 16.0. The van der Waals surface area contributed by atoms with Gasteiger partial charge in [-0.3, -0.25) is 14.7 Å². The van der Waals surface area contributed by atoms with E-state index in [4.69, 9.17) is 9.66 Å². The average molecular weight is 271 g/mol. The zero-order chi connectivity index (χ0) is 12.5. The van der Waals surface area contributed by atoms with E-state index in [1.807, 2.05) is 0 Å². The molecule has 0 heterocycles. The van der Waals surface area contributed by atoms with Crippen molar-refractivity contribution in [3.63, 3.8) is 0 Å². The van der Waals surface area contributed by atoms with Crippen molar-refractivity contribution in [1.82, 2.24) is 0 Å². The normalized spacial score (nSPS) is 10.4. The first-order valence-electron chi connectivity index (χ1n) is 3.72. The van der Waals surface area contributed by atoms with Gasteiger partial charge in [0.1, 0.15) is 0 Å². The summed E-state index contributed by atoms with van der Waals surface area (Å²) >= 11 is 0. The molecule has 1 aromatic carbocycles. The molecule has 0 aromatic heterocycles. The number of carbonyl (C=O) groups is 1. The van der Waals surface area contributed by atoms with Gasteiger partial charge in [-0.15, -0.1) is 0 Å². The molecule has 1 rings (SSSR count). The molecule has 10 heteroatoms. The van der Waals surface area contributed by atoms with Crippen LogP contribution >= 0.6 is 0 Å². The van der Waals surface area contributed by atoms with Crippen LogP contribution in [-0.4, -0.2) is 58.5 Å². The molecule has 0 radical (unpaired) electrons. The van der Waals surface area contributed by atoms with Crippen LogP contribution in [0.4, 0.5) is 5.69 Å². The molecule has 0 saturated heterocycles. The molecule has 0 atom stereocenters. The predicted octanol–water partition coefficient (Wildman–Crippen LogP) is -0.109. The Morgan fingerprint density at radius 2 is 1.88 bits per heavy atom. The van der Waals surface area contributed by atoms with E-state index in [1.54, 1.807) is 0 Å². The molecule has 8 nitrogen and oxygen atoms in total. The Balaban J connectivity index is 0.00000256. The minimum absolute atomic E-state index is 0. The van der Waals surface area contributed by atoms with Crippen LogP contribution in [0.2, 0.25) is 0 Å². The number of hydrogen-bond acceptors (Lipinski definition) is 5. The molecular weight excluding hydrogens is 265 g/mol. The fraction of sp³-hybridized carbons (Fsp3) is 0. The third-order valence-corrected chi connectivity index (χ3v) is 2.58. The van der Waals surface area contributed by atoms with Crippen molar-refractivity contribution in [3.05, 3.63) is 33.9 Å². The van der Waals surface area contributed by atoms with Crippen LogP contribution in [0, 0.1) is 10.1 Å². The summed E-state index contributed by atoms with van der Waals surface area (Å²) in [5.41, 5.74) is -1.43. The second-order valence-corrected chi connectivity index (χ2v) is 4.11. The van der Waals surface area contributed by atoms with Gasteiger partial charge in [-0.05, 0) is 12.1 Å². The average Bonchev–Trinajstić information content (AvgIpc) is 2.15. The number of nitro groups is 1. The number of carboxylic acid groups (broad SMARTS) is 1. The molecule has 0 aliphatic heterocycles. The van der Waals surface area contributed by atoms with E-state index in [0.717, 1.165) is 6.07 Å². The second kappa shape index (κ2) is 5.56. The monoisotopic (exact) mass is 271 g/mol. The molecule has 0 spiro atoms. The Hall–Kier alpha value is -1.00. The summed E-state index contributed by atoms with van der Waals surface area (Å²) < 4.78 is 30.2. The number of hydrogen-bond donors (Lipinski definition) is 2. The molecule has 0 bridgehead atoms. The standard InChI is InChI=1S/C7H5NO7S.Na.H/c9-7(10)4-1-2-6(16(13,14)15)5(3-4)8(11)12;;/h1-3H,(H,9,10)(H,13,14,15);;. The van der Waals surface area contributed by atoms with Crippen molar-refractivity contribution >= 4 is 51.3 Å². The van der Waals surface area contributed by atoms with Gasteiger partial charge in [0, 0.05) is 6.07 Å². The molecule has 17 heavy (non-hydrogen) atoms. The quantitative estimate of drug-likeness (QED) is 0.339. The summed E-state index contributed by atoms with van der Waals surface area (Å²) in [6.45, 7) is 0. The van der Waals surface area contributed by atoms with Crippen LogP contribution in [-0.2, 0) is 10.1 Å². The Morgan fingerprint density at radius 1 is 1.35 bits per heavy atom. The Bertz CT molecular complexity index is 568. The SMILES string of the molecule is O=C(O)c1ccc(S(=O)(=O)O)c([N+](=O)[O-])c1.[NaH]. The predicted molar refractivity (Wildman–Crippen MR) is 57.0 cm³/mol. The van der Waals surface area contributed by atoms with E-state index in [-0.39, 0.29) is 29.6 Å². The van der Waals surface area contributed by atoms with E-state index in [9.17, 15) is 23.3 Å². The topological polar surface area (TPSA) is 135 Å². The number of rotatable bonds is 3. The van der Waals surface area contributed by atoms with Crippen LogP contribution in [0.25, 0.3) is 0 Å². The minimum atomic E-state index is -4.76. The van der Waals surface area contributed by atoms with E-state index < -0.39 is 37.2 Å². The van der Waals surface area contributed by atoms with Crippen LogP contribution in [0.3, 0.4) is 0 Å². The fourth-order valence-electron chi connectivity index (χ4n) is 1.01. The molecule has 2 N–H and O–H groups in total. The maximum atomic E-state index is 10.7. The Morgan fingerprint density at radius 3 is 2.24 bits per heavy atom. The van der Waals surface area contributed by atoms with Gasteiger partial charge >= 0.3 is 45.6 Å². The number of benzene rings is 1. The number of nitro benzene ring substituents is 1. The van der Waals surface area contributed by atoms with Gasteiger partial charge in [-0.2, -0.15) is 8.42 Å². The molecule has 0 fully saturated rings. The van der Waals surface area contributed by atoms with Crippen molar-refractivity contribution in [2.75, 3.05) is 0 Å². The van der Waals surface area contributed by atoms with Gasteiger partial charge in [0.15, 0.2) is 4.90 Å². The van der Waals surface area contributed by atoms with Crippen molar-refractivity contribution < 1.29 is 27.8 Å². The fourth-order valence-corrected chi connectivity index (χ4v) is 1.65. The van der Waals surface area contributed by atoms with Crippen LogP contribution in [0.15, 0.2) is 23.1 Å². The molecule has 0 unspecified atom stereocenters.